The van der Waals surface area contributed by atoms with Gasteiger partial charge >= 0.3 is 0 Å². The number of halogens is 2. The van der Waals surface area contributed by atoms with Crippen LogP contribution < -0.4 is 4.90 Å². The van der Waals surface area contributed by atoms with Crippen molar-refractivity contribution in [2.45, 2.75) is 26.8 Å². The minimum atomic E-state index is -0.309. The summed E-state index contributed by atoms with van der Waals surface area (Å²) in [6.45, 7) is 7.76. The van der Waals surface area contributed by atoms with Gasteiger partial charge in [-0.15, -0.1) is 10.2 Å². The summed E-state index contributed by atoms with van der Waals surface area (Å²) in [4.78, 5) is 11.9. The van der Waals surface area contributed by atoms with Gasteiger partial charge in [0.05, 0.1) is 30.5 Å². The lowest BCUT2D eigenvalue weighted by molar-refractivity contribution is 0.0981. The number of hydrogen-bond acceptors (Lipinski definition) is 7. The Hall–Kier alpha value is -2.25. The third-order valence-electron chi connectivity index (χ3n) is 5.63. The van der Waals surface area contributed by atoms with E-state index in [2.05, 4.69) is 43.2 Å². The first kappa shape index (κ1) is 21.6. The Morgan fingerprint density at radius 2 is 1.94 bits per heavy atom. The summed E-state index contributed by atoms with van der Waals surface area (Å²) in [7, 11) is 1.49. The maximum Gasteiger partial charge on any atom is 0.228 e. The number of rotatable bonds is 4. The van der Waals surface area contributed by atoms with Gasteiger partial charge in [-0.2, -0.15) is 4.98 Å². The minimum absolute atomic E-state index is 0.124. The molecule has 3 aromatic heterocycles. The highest BCUT2D eigenvalue weighted by Crippen LogP contribution is 2.34. The highest BCUT2D eigenvalue weighted by molar-refractivity contribution is 14.2. The van der Waals surface area contributed by atoms with Crippen molar-refractivity contribution in [3.8, 4) is 17.1 Å². The molecular weight excluding hydrogens is 544 g/mol. The molecule has 5 rings (SSSR count). The molecule has 32 heavy (non-hydrogen) atoms. The van der Waals surface area contributed by atoms with E-state index in [1.807, 2.05) is 40.7 Å². The number of ether oxygens (including phenoxy) is 1. The molecule has 1 fully saturated rings. The van der Waals surface area contributed by atoms with E-state index in [-0.39, 0.29) is 11.9 Å². The van der Waals surface area contributed by atoms with Gasteiger partial charge in [-0.3, -0.25) is 8.54 Å². The van der Waals surface area contributed by atoms with Crippen molar-refractivity contribution < 1.29 is 9.13 Å². The van der Waals surface area contributed by atoms with E-state index in [0.717, 1.165) is 28.1 Å². The van der Waals surface area contributed by atoms with Crippen LogP contribution in [0.1, 0.15) is 18.6 Å². The molecule has 0 spiro atoms. The summed E-state index contributed by atoms with van der Waals surface area (Å²) in [5, 5.41) is 9.29. The normalized spacial score (nSPS) is 16.8. The summed E-state index contributed by atoms with van der Waals surface area (Å²) in [5.41, 5.74) is 2.17. The molecular formula is C21H21FIN7OS. The van der Waals surface area contributed by atoms with Gasteiger partial charge in [0.25, 0.3) is 0 Å². The first-order chi connectivity index (χ1) is 15.5. The Morgan fingerprint density at radius 3 is 2.66 bits per heavy atom. The molecule has 1 atom stereocenters. The molecule has 1 saturated heterocycles. The first-order valence-corrected chi connectivity index (χ1v) is 13.5. The molecule has 1 aliphatic heterocycles. The summed E-state index contributed by atoms with van der Waals surface area (Å²) in [6, 6.07) is 7.07. The zero-order chi connectivity index (χ0) is 22.4. The fourth-order valence-corrected chi connectivity index (χ4v) is 5.45. The average molecular weight is 565 g/mol. The maximum absolute atomic E-state index is 14.7. The van der Waals surface area contributed by atoms with E-state index in [1.165, 1.54) is 15.2 Å². The number of aromatic nitrogens is 6. The summed E-state index contributed by atoms with van der Waals surface area (Å²) < 4.78 is 24.1. The van der Waals surface area contributed by atoms with Gasteiger partial charge in [-0.05, 0) is 39.0 Å². The summed E-state index contributed by atoms with van der Waals surface area (Å²) in [6.07, 6.45) is 1.94. The number of anilines is 1. The zero-order valence-corrected chi connectivity index (χ0v) is 20.8. The van der Waals surface area contributed by atoms with E-state index < -0.39 is 0 Å². The van der Waals surface area contributed by atoms with Gasteiger partial charge < -0.3 is 9.64 Å². The summed E-state index contributed by atoms with van der Waals surface area (Å²) in [5.74, 6) is 2.38. The Kier molecular flexibility index (Phi) is 5.80. The standard InChI is InChI=1S/C21H21FIN7OS/c1-12-11-31-7-6-28(12)21-24-18(10-20(25-21)30-13(2)26-27-14(30)3)17-8-15(22)9-19-16(17)4-5-29(19)32-23/h4-5,8-10,12H,6-7,11H2,1-3H3/t12-/m1/s1. The van der Waals surface area contributed by atoms with Crippen molar-refractivity contribution in [1.82, 2.24) is 28.7 Å². The van der Waals surface area contributed by atoms with E-state index in [1.54, 1.807) is 6.07 Å². The molecule has 0 radical (unpaired) electrons. The lowest BCUT2D eigenvalue weighted by Gasteiger charge is -2.33. The van der Waals surface area contributed by atoms with Crippen LogP contribution in [0.4, 0.5) is 10.3 Å². The SMILES string of the molecule is Cc1nnc(C)n1-c1cc(-c2cc(F)cc3c2ccn3SI)nc(N2CCOC[C@H]2C)n1. The van der Waals surface area contributed by atoms with Crippen LogP contribution in [-0.4, -0.2) is 54.5 Å². The van der Waals surface area contributed by atoms with E-state index in [0.29, 0.717) is 37.2 Å². The molecule has 0 amide bonds. The van der Waals surface area contributed by atoms with Crippen molar-refractivity contribution in [3.05, 3.63) is 47.9 Å². The molecule has 0 N–H and O–H groups in total. The van der Waals surface area contributed by atoms with Gasteiger partial charge in [0.15, 0.2) is 0 Å². The molecule has 0 aliphatic carbocycles. The van der Waals surface area contributed by atoms with Crippen LogP contribution in [0.15, 0.2) is 30.5 Å². The first-order valence-electron chi connectivity index (χ1n) is 10.2. The number of fused-ring (bicyclic) bond motifs is 1. The predicted octanol–water partition coefficient (Wildman–Crippen LogP) is 4.51. The third-order valence-corrected chi connectivity index (χ3v) is 7.37. The van der Waals surface area contributed by atoms with Gasteiger partial charge in [0, 0.05) is 60.1 Å². The molecule has 4 aromatic rings. The second-order valence-corrected chi connectivity index (χ2v) is 9.47. The summed E-state index contributed by atoms with van der Waals surface area (Å²) >= 11 is 2.19. The number of nitrogens with zero attached hydrogens (tertiary/aromatic N) is 7. The smallest absolute Gasteiger partial charge is 0.228 e. The minimum Gasteiger partial charge on any atom is -0.377 e. The molecule has 0 saturated carbocycles. The molecule has 1 aromatic carbocycles. The van der Waals surface area contributed by atoms with Crippen LogP contribution in [0.2, 0.25) is 0 Å². The highest BCUT2D eigenvalue weighted by atomic mass is 127. The molecule has 8 nitrogen and oxygen atoms in total. The largest absolute Gasteiger partial charge is 0.377 e. The molecule has 11 heteroatoms. The Labute approximate surface area is 200 Å². The van der Waals surface area contributed by atoms with Gasteiger partial charge in [0.2, 0.25) is 5.95 Å². The fraction of sp³-hybridized carbons (Fsp3) is 0.333. The van der Waals surface area contributed by atoms with E-state index in [9.17, 15) is 4.39 Å². The third kappa shape index (κ3) is 3.75. The second-order valence-electron chi connectivity index (χ2n) is 7.76. The van der Waals surface area contributed by atoms with Crippen LogP contribution in [0.3, 0.4) is 0 Å². The lowest BCUT2D eigenvalue weighted by atomic mass is 10.1. The molecule has 1 aliphatic rings. The number of aryl methyl sites for hydroxylation is 2. The van der Waals surface area contributed by atoms with Gasteiger partial charge in [-0.25, -0.2) is 9.37 Å². The fourth-order valence-electron chi connectivity index (χ4n) is 4.08. The van der Waals surface area contributed by atoms with Crippen molar-refractivity contribution >= 4 is 47.2 Å². The second kappa shape index (κ2) is 8.60. The van der Waals surface area contributed by atoms with E-state index >= 15 is 0 Å². The number of hydrogen-bond donors (Lipinski definition) is 0. The predicted molar refractivity (Wildman–Crippen MR) is 132 cm³/mol. The Bertz CT molecular complexity index is 1290. The van der Waals surface area contributed by atoms with Crippen molar-refractivity contribution in [2.75, 3.05) is 24.7 Å². The molecule has 4 heterocycles. The van der Waals surface area contributed by atoms with Crippen molar-refractivity contribution in [2.24, 2.45) is 0 Å². The molecule has 0 bridgehead atoms. The van der Waals surface area contributed by atoms with Gasteiger partial charge in [-0.1, -0.05) is 0 Å². The van der Waals surface area contributed by atoms with Crippen LogP contribution >= 0.6 is 30.3 Å². The highest BCUT2D eigenvalue weighted by Gasteiger charge is 2.24. The quantitative estimate of drug-likeness (QED) is 0.338. The van der Waals surface area contributed by atoms with Crippen molar-refractivity contribution in [1.29, 1.82) is 0 Å². The number of benzene rings is 1. The lowest BCUT2D eigenvalue weighted by Crippen LogP contribution is -2.44. The van der Waals surface area contributed by atoms with Crippen LogP contribution in [0.5, 0.6) is 0 Å². The zero-order valence-electron chi connectivity index (χ0n) is 17.8. The van der Waals surface area contributed by atoms with Crippen LogP contribution in [-0.2, 0) is 4.74 Å². The molecule has 0 unspecified atom stereocenters. The van der Waals surface area contributed by atoms with E-state index in [4.69, 9.17) is 14.7 Å². The van der Waals surface area contributed by atoms with Gasteiger partial charge in [0.1, 0.15) is 23.3 Å². The van der Waals surface area contributed by atoms with Crippen LogP contribution in [0.25, 0.3) is 28.0 Å². The number of morpholine rings is 1. The average Bonchev–Trinajstić information content (AvgIpc) is 3.35. The topological polar surface area (TPSA) is 73.9 Å². The van der Waals surface area contributed by atoms with Crippen LogP contribution in [0, 0.1) is 19.7 Å². The maximum atomic E-state index is 14.7. The Balaban J connectivity index is 1.76. The van der Waals surface area contributed by atoms with Crippen molar-refractivity contribution in [3.63, 3.8) is 0 Å². The monoisotopic (exact) mass is 565 g/mol. The molecule has 166 valence electrons. The Morgan fingerprint density at radius 1 is 1.16 bits per heavy atom.